The summed E-state index contributed by atoms with van der Waals surface area (Å²) in [6, 6.07) is -4.16. The van der Waals surface area contributed by atoms with E-state index in [0.29, 0.717) is 13.0 Å². The van der Waals surface area contributed by atoms with Gasteiger partial charge in [0.25, 0.3) is 5.91 Å². The maximum atomic E-state index is 14.1. The van der Waals surface area contributed by atoms with E-state index in [9.17, 15) is 28.8 Å². The van der Waals surface area contributed by atoms with Crippen molar-refractivity contribution in [3.63, 3.8) is 0 Å². The molecular weight excluding hydrogens is 556 g/mol. The van der Waals surface area contributed by atoms with Crippen molar-refractivity contribution in [2.24, 2.45) is 34.3 Å². The number of nitrogens with zero attached hydrogens (tertiary/aromatic N) is 1. The highest BCUT2D eigenvalue weighted by Gasteiger charge is 2.48. The highest BCUT2D eigenvalue weighted by atomic mass is 16.5. The average molecular weight is 609 g/mol. The standard InChI is InChI=1S/C30H52N6O7/c1-10-32-28(42)43-15-20(29(4,5)6)34-27(41)35-23(30(7,8)9)26(40)36-14-16(2)17(3)21(36)25(39)33-19(13-18-11-12-18)22(37)24(31)38/h16-21,23H,10-15H2,1-9H3,(H2,31,38)(H,32,42)(H,33,39)(H2,34,35,41)/t16-,17-,19?,20+,21?,23+/m0/s1. The Morgan fingerprint density at radius 1 is 0.930 bits per heavy atom. The number of ether oxygens (including phenoxy) is 1. The summed E-state index contributed by atoms with van der Waals surface area (Å²) in [5.41, 5.74) is 4.03. The average Bonchev–Trinajstić information content (AvgIpc) is 3.65. The summed E-state index contributed by atoms with van der Waals surface area (Å²) in [7, 11) is 0. The van der Waals surface area contributed by atoms with Crippen molar-refractivity contribution in [1.82, 2.24) is 26.2 Å². The Kier molecular flexibility index (Phi) is 12.0. The van der Waals surface area contributed by atoms with Gasteiger partial charge in [0.05, 0.1) is 12.1 Å². The predicted octanol–water partition coefficient (Wildman–Crippen LogP) is 1.68. The lowest BCUT2D eigenvalue weighted by molar-refractivity contribution is -0.144. The van der Waals surface area contributed by atoms with Crippen LogP contribution in [0, 0.1) is 28.6 Å². The number of rotatable bonds is 12. The third-order valence-corrected chi connectivity index (χ3v) is 8.35. The van der Waals surface area contributed by atoms with Gasteiger partial charge in [-0.15, -0.1) is 0 Å². The van der Waals surface area contributed by atoms with Gasteiger partial charge in [0.1, 0.15) is 18.7 Å². The smallest absolute Gasteiger partial charge is 0.407 e. The number of hydrogen-bond acceptors (Lipinski definition) is 7. The Labute approximate surface area is 255 Å². The van der Waals surface area contributed by atoms with Crippen LogP contribution in [-0.4, -0.2) is 84.4 Å². The molecule has 0 aromatic rings. The maximum absolute atomic E-state index is 14.1. The summed E-state index contributed by atoms with van der Waals surface area (Å²) in [6.45, 7) is 17.3. The van der Waals surface area contributed by atoms with E-state index in [1.54, 1.807) is 6.92 Å². The third kappa shape index (κ3) is 10.1. The Balaban J connectivity index is 2.24. The summed E-state index contributed by atoms with van der Waals surface area (Å²) in [4.78, 5) is 78.5. The molecule has 2 fully saturated rings. The van der Waals surface area contributed by atoms with Crippen LogP contribution >= 0.6 is 0 Å². The molecule has 6 atom stereocenters. The molecule has 1 saturated heterocycles. The molecule has 1 aliphatic carbocycles. The highest BCUT2D eigenvalue weighted by Crippen LogP contribution is 2.35. The zero-order chi connectivity index (χ0) is 32.9. The molecule has 13 heteroatoms. The van der Waals surface area contributed by atoms with Gasteiger partial charge in [-0.2, -0.15) is 0 Å². The fourth-order valence-corrected chi connectivity index (χ4v) is 5.15. The fraction of sp³-hybridized carbons (Fsp3) is 0.800. The van der Waals surface area contributed by atoms with E-state index in [1.807, 2.05) is 55.4 Å². The number of alkyl carbamates (subject to hydrolysis) is 1. The minimum Gasteiger partial charge on any atom is -0.447 e. The van der Waals surface area contributed by atoms with Crippen molar-refractivity contribution >= 4 is 35.6 Å². The molecule has 2 aliphatic rings. The van der Waals surface area contributed by atoms with Gasteiger partial charge >= 0.3 is 12.1 Å². The zero-order valence-corrected chi connectivity index (χ0v) is 27.2. The number of urea groups is 1. The minimum absolute atomic E-state index is 0.0421. The lowest BCUT2D eigenvalue weighted by atomic mass is 9.85. The van der Waals surface area contributed by atoms with E-state index >= 15 is 0 Å². The molecule has 2 rings (SSSR count). The third-order valence-electron chi connectivity index (χ3n) is 8.35. The van der Waals surface area contributed by atoms with Gasteiger partial charge in [0.2, 0.25) is 17.6 Å². The number of primary amides is 1. The van der Waals surface area contributed by atoms with Gasteiger partial charge in [0, 0.05) is 13.1 Å². The van der Waals surface area contributed by atoms with Gasteiger partial charge in [0.15, 0.2) is 0 Å². The molecule has 1 saturated carbocycles. The van der Waals surface area contributed by atoms with Gasteiger partial charge in [-0.3, -0.25) is 19.2 Å². The Bertz CT molecular complexity index is 1060. The molecule has 2 unspecified atom stereocenters. The quantitative estimate of drug-likeness (QED) is 0.208. The van der Waals surface area contributed by atoms with Crippen molar-refractivity contribution in [1.29, 1.82) is 0 Å². The molecule has 6 amide bonds. The molecule has 43 heavy (non-hydrogen) atoms. The first-order valence-electron chi connectivity index (χ1n) is 15.2. The zero-order valence-electron chi connectivity index (χ0n) is 27.2. The van der Waals surface area contributed by atoms with Crippen LogP contribution in [0.5, 0.6) is 0 Å². The number of nitrogens with two attached hydrogens (primary N) is 1. The van der Waals surface area contributed by atoms with Crippen molar-refractivity contribution in [2.75, 3.05) is 19.7 Å². The summed E-state index contributed by atoms with van der Waals surface area (Å²) in [5, 5.41) is 10.9. The number of carbonyl (C=O) groups excluding carboxylic acids is 6. The molecule has 0 aromatic carbocycles. The van der Waals surface area contributed by atoms with Gasteiger partial charge in [-0.05, 0) is 41.9 Å². The summed E-state index contributed by atoms with van der Waals surface area (Å²) >= 11 is 0. The highest BCUT2D eigenvalue weighted by molar-refractivity contribution is 6.37. The van der Waals surface area contributed by atoms with Crippen molar-refractivity contribution in [3.05, 3.63) is 0 Å². The largest absolute Gasteiger partial charge is 0.447 e. The first kappa shape index (κ1) is 35.8. The maximum Gasteiger partial charge on any atom is 0.407 e. The molecule has 244 valence electrons. The number of amides is 6. The molecule has 0 radical (unpaired) electrons. The van der Waals surface area contributed by atoms with E-state index in [-0.39, 0.29) is 30.9 Å². The summed E-state index contributed by atoms with van der Waals surface area (Å²) in [5.74, 6) is -2.99. The van der Waals surface area contributed by atoms with E-state index in [0.717, 1.165) is 12.8 Å². The monoisotopic (exact) mass is 608 g/mol. The van der Waals surface area contributed by atoms with Crippen LogP contribution in [0.1, 0.15) is 81.6 Å². The molecule has 0 aromatic heterocycles. The molecule has 13 nitrogen and oxygen atoms in total. The molecule has 1 aliphatic heterocycles. The predicted molar refractivity (Wildman–Crippen MR) is 160 cm³/mol. The van der Waals surface area contributed by atoms with Crippen LogP contribution < -0.4 is 27.0 Å². The normalized spacial score (nSPS) is 22.5. The van der Waals surface area contributed by atoms with Crippen LogP contribution in [-0.2, 0) is 23.9 Å². The van der Waals surface area contributed by atoms with E-state index in [2.05, 4.69) is 21.3 Å². The second-order valence-corrected chi connectivity index (χ2v) is 14.2. The molecule has 6 N–H and O–H groups in total. The van der Waals surface area contributed by atoms with Crippen LogP contribution in [0.15, 0.2) is 0 Å². The van der Waals surface area contributed by atoms with Gasteiger partial charge < -0.3 is 36.6 Å². The number of nitrogens with one attached hydrogen (secondary N) is 4. The van der Waals surface area contributed by atoms with Gasteiger partial charge in [-0.1, -0.05) is 68.2 Å². The molecule has 0 bridgehead atoms. The SMILES string of the molecule is CCNC(=O)OC[C@@H](NC(=O)N[C@H](C(=O)N1C[C@H](C)[C@H](C)C1C(=O)NC(CC1CC1)C(=O)C(N)=O)C(C)(C)C)C(C)(C)C. The number of hydrogen-bond donors (Lipinski definition) is 5. The van der Waals surface area contributed by atoms with E-state index in [1.165, 1.54) is 4.90 Å². The Hall–Kier alpha value is -3.38. The lowest BCUT2D eigenvalue weighted by Crippen LogP contribution is -2.62. The Morgan fingerprint density at radius 3 is 2.02 bits per heavy atom. The first-order chi connectivity index (χ1) is 19.8. The van der Waals surface area contributed by atoms with Crippen molar-refractivity contribution in [3.8, 4) is 0 Å². The van der Waals surface area contributed by atoms with Crippen molar-refractivity contribution in [2.45, 2.75) is 106 Å². The van der Waals surface area contributed by atoms with Gasteiger partial charge in [-0.25, -0.2) is 9.59 Å². The lowest BCUT2D eigenvalue weighted by Gasteiger charge is -2.37. The van der Waals surface area contributed by atoms with E-state index in [4.69, 9.17) is 10.5 Å². The van der Waals surface area contributed by atoms with Crippen molar-refractivity contribution < 1.29 is 33.5 Å². The first-order valence-corrected chi connectivity index (χ1v) is 15.2. The number of ketones is 1. The molecular formula is C30H52N6O7. The van der Waals surface area contributed by atoms with Crippen LogP contribution in [0.25, 0.3) is 0 Å². The number of likely N-dealkylation sites (tertiary alicyclic amines) is 1. The summed E-state index contributed by atoms with van der Waals surface area (Å²) in [6.07, 6.45) is 1.55. The summed E-state index contributed by atoms with van der Waals surface area (Å²) < 4.78 is 5.26. The topological polar surface area (TPSA) is 189 Å². The fourth-order valence-electron chi connectivity index (χ4n) is 5.15. The van der Waals surface area contributed by atoms with Crippen LogP contribution in [0.4, 0.5) is 9.59 Å². The molecule has 0 spiro atoms. The second kappa shape index (κ2) is 14.4. The van der Waals surface area contributed by atoms with E-state index < -0.39 is 70.6 Å². The van der Waals surface area contributed by atoms with Crippen LogP contribution in [0.3, 0.4) is 0 Å². The number of carbonyl (C=O) groups is 6. The minimum atomic E-state index is -1.11. The second-order valence-electron chi connectivity index (χ2n) is 14.2. The number of Topliss-reactive ketones (excluding diaryl/α,β-unsaturated/α-hetero) is 1. The Morgan fingerprint density at radius 2 is 1.53 bits per heavy atom. The molecule has 1 heterocycles. The van der Waals surface area contributed by atoms with Crippen LogP contribution in [0.2, 0.25) is 0 Å².